The van der Waals surface area contributed by atoms with Gasteiger partial charge in [-0.05, 0) is 25.3 Å². The van der Waals surface area contributed by atoms with Crippen LogP contribution >= 0.6 is 0 Å². The van der Waals surface area contributed by atoms with Crippen molar-refractivity contribution in [1.29, 1.82) is 0 Å². The zero-order valence-electron chi connectivity index (χ0n) is 13.1. The zero-order valence-corrected chi connectivity index (χ0v) is 13.1. The lowest BCUT2D eigenvalue weighted by atomic mass is 10.0. The van der Waals surface area contributed by atoms with E-state index in [-0.39, 0.29) is 6.04 Å². The molecule has 1 aliphatic carbocycles. The van der Waals surface area contributed by atoms with Gasteiger partial charge in [0.15, 0.2) is 17.8 Å². The van der Waals surface area contributed by atoms with Crippen molar-refractivity contribution in [3.8, 4) is 0 Å². The third-order valence-corrected chi connectivity index (χ3v) is 4.04. The molecule has 2 unspecified atom stereocenters. The Bertz CT molecular complexity index is 655. The van der Waals surface area contributed by atoms with Gasteiger partial charge in [-0.15, -0.1) is 0 Å². The van der Waals surface area contributed by atoms with Gasteiger partial charge in [-0.25, -0.2) is 14.1 Å². The predicted molar refractivity (Wildman–Crippen MR) is 82.7 cm³/mol. The fourth-order valence-corrected chi connectivity index (χ4v) is 2.73. The van der Waals surface area contributed by atoms with Crippen LogP contribution in [0.25, 0.3) is 0 Å². The first-order valence-electron chi connectivity index (χ1n) is 7.95. The number of hydrogen-bond donors (Lipinski definition) is 0. The summed E-state index contributed by atoms with van der Waals surface area (Å²) in [4.78, 5) is 13.6. The van der Waals surface area contributed by atoms with Gasteiger partial charge in [0.05, 0.1) is 12.6 Å². The van der Waals surface area contributed by atoms with Crippen LogP contribution in [-0.2, 0) is 9.53 Å². The summed E-state index contributed by atoms with van der Waals surface area (Å²) >= 11 is 0. The Hall–Kier alpha value is -2.24. The molecule has 0 saturated heterocycles. The number of ether oxygens (including phenoxy) is 1. The summed E-state index contributed by atoms with van der Waals surface area (Å²) in [5, 5.41) is 4.53. The van der Waals surface area contributed by atoms with E-state index in [1.165, 1.54) is 0 Å². The van der Waals surface area contributed by atoms with E-state index in [2.05, 4.69) is 14.8 Å². The normalized spacial score (nSPS) is 22.0. The van der Waals surface area contributed by atoms with Crippen LogP contribution in [-0.4, -0.2) is 27.8 Å². The van der Waals surface area contributed by atoms with Gasteiger partial charge in [0.2, 0.25) is 0 Å². The molecule has 6 heteroatoms. The van der Waals surface area contributed by atoms with E-state index in [0.29, 0.717) is 31.2 Å². The van der Waals surface area contributed by atoms with Crippen LogP contribution in [0.4, 0.5) is 4.39 Å². The topological polar surface area (TPSA) is 57.0 Å². The maximum absolute atomic E-state index is 14.0. The van der Waals surface area contributed by atoms with Gasteiger partial charge < -0.3 is 4.74 Å². The molecule has 0 amide bonds. The molecule has 1 saturated carbocycles. The summed E-state index contributed by atoms with van der Waals surface area (Å²) in [5.74, 6) is 1.84. The Morgan fingerprint density at radius 3 is 2.65 bits per heavy atom. The Kier molecular flexibility index (Phi) is 4.69. The summed E-state index contributed by atoms with van der Waals surface area (Å²) in [7, 11) is 0. The maximum atomic E-state index is 14.0. The van der Waals surface area contributed by atoms with Gasteiger partial charge in [0.25, 0.3) is 6.47 Å². The summed E-state index contributed by atoms with van der Waals surface area (Å²) in [6.45, 7) is 2.66. The number of fused-ring (bicyclic) bond motifs is 1. The minimum atomic E-state index is -0.977. The number of alkyl halides is 1. The Balaban J connectivity index is 0.000000276. The minimum Gasteiger partial charge on any atom is -0.468 e. The first-order valence-corrected chi connectivity index (χ1v) is 7.95. The molecule has 5 nitrogen and oxygen atoms in total. The molecule has 2 atom stereocenters. The number of carbonyl (C=O) groups is 1. The number of halogens is 1. The molecule has 0 bridgehead atoms. The standard InChI is InChI=1S/C14H14FN3.C3H6O2/c15-11-8-12(9-4-2-1-3-5-9)18-14(11)16-13(17-18)10-6-7-10;1-2-5-3-4/h1-5,10-12H,6-8H2;3H,2H2,1H3. The molecule has 0 radical (unpaired) electrons. The number of aromatic nitrogens is 3. The van der Waals surface area contributed by atoms with E-state index in [1.54, 1.807) is 11.6 Å². The number of carbonyl (C=O) groups excluding carboxylic acids is 1. The first-order chi connectivity index (χ1) is 11.2. The summed E-state index contributed by atoms with van der Waals surface area (Å²) < 4.78 is 20.0. The van der Waals surface area contributed by atoms with Crippen LogP contribution in [0.5, 0.6) is 0 Å². The van der Waals surface area contributed by atoms with Crippen LogP contribution in [0.3, 0.4) is 0 Å². The van der Waals surface area contributed by atoms with E-state index in [0.717, 1.165) is 24.2 Å². The molecular weight excluding hydrogens is 297 g/mol. The van der Waals surface area contributed by atoms with Crippen LogP contribution < -0.4 is 0 Å². The van der Waals surface area contributed by atoms with Gasteiger partial charge in [0, 0.05) is 12.3 Å². The highest BCUT2D eigenvalue weighted by Gasteiger charge is 2.38. The summed E-state index contributed by atoms with van der Waals surface area (Å²) in [6.07, 6.45) is 1.78. The molecular formula is C17H20FN3O2. The molecule has 1 aromatic carbocycles. The third kappa shape index (κ3) is 3.41. The third-order valence-electron chi connectivity index (χ3n) is 4.04. The zero-order chi connectivity index (χ0) is 16.2. The quantitative estimate of drug-likeness (QED) is 0.812. The Morgan fingerprint density at radius 2 is 2.09 bits per heavy atom. The maximum Gasteiger partial charge on any atom is 0.293 e. The van der Waals surface area contributed by atoms with Crippen LogP contribution in [0.15, 0.2) is 30.3 Å². The molecule has 2 heterocycles. The van der Waals surface area contributed by atoms with Gasteiger partial charge in [-0.3, -0.25) is 4.79 Å². The Morgan fingerprint density at radius 1 is 1.35 bits per heavy atom. The van der Waals surface area contributed by atoms with Gasteiger partial charge in [-0.2, -0.15) is 5.10 Å². The second kappa shape index (κ2) is 6.89. The van der Waals surface area contributed by atoms with Crippen molar-refractivity contribution < 1.29 is 13.9 Å². The smallest absolute Gasteiger partial charge is 0.293 e. The fourth-order valence-electron chi connectivity index (χ4n) is 2.73. The van der Waals surface area contributed by atoms with Gasteiger partial charge in [-0.1, -0.05) is 30.3 Å². The van der Waals surface area contributed by atoms with Crippen LogP contribution in [0.2, 0.25) is 0 Å². The average Bonchev–Trinajstić information content (AvgIpc) is 3.26. The van der Waals surface area contributed by atoms with Crippen molar-refractivity contribution in [3.63, 3.8) is 0 Å². The van der Waals surface area contributed by atoms with Crippen LogP contribution in [0, 0.1) is 0 Å². The van der Waals surface area contributed by atoms with E-state index < -0.39 is 6.17 Å². The summed E-state index contributed by atoms with van der Waals surface area (Å²) in [5.41, 5.74) is 1.12. The molecule has 23 heavy (non-hydrogen) atoms. The Labute approximate surface area is 134 Å². The van der Waals surface area contributed by atoms with Crippen molar-refractivity contribution in [1.82, 2.24) is 14.8 Å². The van der Waals surface area contributed by atoms with E-state index in [9.17, 15) is 9.18 Å². The molecule has 2 aliphatic rings. The summed E-state index contributed by atoms with van der Waals surface area (Å²) in [6, 6.07) is 10.0. The monoisotopic (exact) mass is 317 g/mol. The fraction of sp³-hybridized carbons (Fsp3) is 0.471. The van der Waals surface area contributed by atoms with Crippen LogP contribution in [0.1, 0.15) is 61.5 Å². The molecule has 1 aliphatic heterocycles. The molecule has 1 fully saturated rings. The number of benzene rings is 1. The predicted octanol–water partition coefficient (Wildman–Crippen LogP) is 3.34. The average molecular weight is 317 g/mol. The van der Waals surface area contributed by atoms with E-state index in [4.69, 9.17) is 0 Å². The van der Waals surface area contributed by atoms with Gasteiger partial charge >= 0.3 is 0 Å². The molecule has 1 aromatic heterocycles. The molecule has 4 rings (SSSR count). The lowest BCUT2D eigenvalue weighted by molar-refractivity contribution is -0.128. The van der Waals surface area contributed by atoms with E-state index in [1.807, 2.05) is 30.3 Å². The highest BCUT2D eigenvalue weighted by atomic mass is 19.1. The van der Waals surface area contributed by atoms with Gasteiger partial charge in [0.1, 0.15) is 0 Å². The second-order valence-electron chi connectivity index (χ2n) is 5.73. The SMILES string of the molecule is CCOC=O.FC1CC(c2ccccc2)n2nc(C3CC3)nc21. The number of hydrogen-bond acceptors (Lipinski definition) is 4. The molecule has 2 aromatic rings. The first kappa shape index (κ1) is 15.6. The lowest BCUT2D eigenvalue weighted by Crippen LogP contribution is -2.07. The molecule has 122 valence electrons. The number of rotatable bonds is 4. The van der Waals surface area contributed by atoms with E-state index >= 15 is 0 Å². The van der Waals surface area contributed by atoms with Crippen molar-refractivity contribution in [3.05, 3.63) is 47.5 Å². The molecule has 0 N–H and O–H groups in total. The number of nitrogens with zero attached hydrogens (tertiary/aromatic N) is 3. The second-order valence-corrected chi connectivity index (χ2v) is 5.73. The van der Waals surface area contributed by atoms with Crippen molar-refractivity contribution in [2.45, 2.75) is 44.3 Å². The minimum absolute atomic E-state index is 0.0104. The molecule has 0 spiro atoms. The van der Waals surface area contributed by atoms with Crippen molar-refractivity contribution >= 4 is 6.47 Å². The highest BCUT2D eigenvalue weighted by molar-refractivity contribution is 5.36. The van der Waals surface area contributed by atoms with Crippen molar-refractivity contribution in [2.75, 3.05) is 6.61 Å². The highest BCUT2D eigenvalue weighted by Crippen LogP contribution is 2.43. The largest absolute Gasteiger partial charge is 0.468 e. The lowest BCUT2D eigenvalue weighted by Gasteiger charge is -2.11. The van der Waals surface area contributed by atoms with Crippen molar-refractivity contribution in [2.24, 2.45) is 0 Å².